The lowest BCUT2D eigenvalue weighted by molar-refractivity contribution is -0.140. The van der Waals surface area contributed by atoms with Gasteiger partial charge in [0.25, 0.3) is 0 Å². The Morgan fingerprint density at radius 2 is 1.93 bits per heavy atom. The number of halogens is 3. The molecule has 4 rings (SSSR count). The first-order valence-corrected chi connectivity index (χ1v) is 14.7. The fourth-order valence-electron chi connectivity index (χ4n) is 4.40. The van der Waals surface area contributed by atoms with Crippen LogP contribution in [-0.2, 0) is 10.9 Å². The zero-order valence-corrected chi connectivity index (χ0v) is 25.1. The Hall–Kier alpha value is -4.04. The van der Waals surface area contributed by atoms with Crippen LogP contribution in [0.15, 0.2) is 47.2 Å². The number of anilines is 1. The molecule has 0 radical (unpaired) electrons. The van der Waals surface area contributed by atoms with Crippen molar-refractivity contribution in [2.75, 3.05) is 45.2 Å². The highest BCUT2D eigenvalue weighted by molar-refractivity contribution is 7.13. The molecule has 0 atom stereocenters. The second-order valence-electron chi connectivity index (χ2n) is 9.84. The van der Waals surface area contributed by atoms with E-state index in [2.05, 4.69) is 42.1 Å². The molecular weight excluding hydrogens is 583 g/mol. The van der Waals surface area contributed by atoms with Gasteiger partial charge in [0.05, 0.1) is 11.3 Å². The Bertz CT molecular complexity index is 1470. The number of nitrogens with one attached hydrogen (secondary N) is 2. The van der Waals surface area contributed by atoms with E-state index in [1.54, 1.807) is 26.2 Å². The summed E-state index contributed by atoms with van der Waals surface area (Å²) in [5.74, 6) is 1.05. The Kier molecular flexibility index (Phi) is 10.7. The van der Waals surface area contributed by atoms with Crippen LogP contribution in [0, 0.1) is 0 Å². The Balaban J connectivity index is 1.81. The van der Waals surface area contributed by atoms with Crippen molar-refractivity contribution in [2.24, 2.45) is 4.99 Å². The fourth-order valence-corrected chi connectivity index (χ4v) is 5.25. The van der Waals surface area contributed by atoms with Crippen LogP contribution in [0.1, 0.15) is 44.4 Å². The Morgan fingerprint density at radius 3 is 2.58 bits per heavy atom. The number of aliphatic imine (C=N–C) groups is 1. The second-order valence-corrected chi connectivity index (χ2v) is 10.7. The number of aromatic nitrogens is 3. The summed E-state index contributed by atoms with van der Waals surface area (Å²) in [5.41, 5.74) is 0.627. The van der Waals surface area contributed by atoms with Crippen molar-refractivity contribution in [3.8, 4) is 27.6 Å². The van der Waals surface area contributed by atoms with Crippen LogP contribution < -0.4 is 15.4 Å². The molecule has 1 aliphatic heterocycles. The third kappa shape index (κ3) is 8.51. The number of carbonyl (C=O) groups is 1. The summed E-state index contributed by atoms with van der Waals surface area (Å²) >= 11 is 0.829. The SMILES string of the molecule is C=C(C)OC(=NC)c1cnc(OCCN2CCCC2)c(-c2cnc(NC(=O)NCCC)cc2-c2nc(C(F)(F)F)cs2)c1. The van der Waals surface area contributed by atoms with Crippen molar-refractivity contribution in [3.05, 3.63) is 53.5 Å². The molecule has 0 unspecified atom stereocenters. The van der Waals surface area contributed by atoms with Gasteiger partial charge < -0.3 is 14.8 Å². The van der Waals surface area contributed by atoms with Crippen molar-refractivity contribution in [3.63, 3.8) is 0 Å². The van der Waals surface area contributed by atoms with Crippen molar-refractivity contribution < 1.29 is 27.4 Å². The van der Waals surface area contributed by atoms with Crippen LogP contribution in [0.3, 0.4) is 0 Å². The zero-order valence-electron chi connectivity index (χ0n) is 24.3. The topological polar surface area (TPSA) is 114 Å². The molecule has 1 saturated heterocycles. The first-order valence-electron chi connectivity index (χ1n) is 13.8. The maximum absolute atomic E-state index is 13.5. The lowest BCUT2D eigenvalue weighted by Gasteiger charge is -2.18. The number of likely N-dealkylation sites (tertiary alicyclic amines) is 1. The maximum atomic E-state index is 13.5. The number of nitrogens with zero attached hydrogens (tertiary/aromatic N) is 5. The summed E-state index contributed by atoms with van der Waals surface area (Å²) in [6.45, 7) is 10.9. The van der Waals surface area contributed by atoms with Crippen molar-refractivity contribution in [1.29, 1.82) is 0 Å². The number of amides is 2. The van der Waals surface area contributed by atoms with Crippen LogP contribution in [0.25, 0.3) is 21.7 Å². The van der Waals surface area contributed by atoms with Crippen LogP contribution in [0.4, 0.5) is 23.8 Å². The number of urea groups is 1. The van der Waals surface area contributed by atoms with Gasteiger partial charge in [-0.25, -0.2) is 19.7 Å². The van der Waals surface area contributed by atoms with Gasteiger partial charge in [-0.2, -0.15) is 13.2 Å². The number of rotatable bonds is 11. The molecule has 0 aliphatic carbocycles. The predicted octanol–water partition coefficient (Wildman–Crippen LogP) is 6.22. The predicted molar refractivity (Wildman–Crippen MR) is 160 cm³/mol. The van der Waals surface area contributed by atoms with Gasteiger partial charge in [0.2, 0.25) is 11.8 Å². The minimum atomic E-state index is -4.62. The van der Waals surface area contributed by atoms with Gasteiger partial charge in [-0.05, 0) is 51.4 Å². The molecule has 43 heavy (non-hydrogen) atoms. The van der Waals surface area contributed by atoms with Gasteiger partial charge in [-0.3, -0.25) is 15.2 Å². The van der Waals surface area contributed by atoms with Gasteiger partial charge in [0, 0.05) is 54.6 Å². The van der Waals surface area contributed by atoms with Crippen LogP contribution in [0.2, 0.25) is 0 Å². The van der Waals surface area contributed by atoms with Crippen molar-refractivity contribution in [1.82, 2.24) is 25.2 Å². The van der Waals surface area contributed by atoms with Crippen molar-refractivity contribution in [2.45, 2.75) is 39.3 Å². The highest BCUT2D eigenvalue weighted by Crippen LogP contribution is 2.41. The summed E-state index contributed by atoms with van der Waals surface area (Å²) < 4.78 is 52.4. The molecule has 4 heterocycles. The number of allylic oxidation sites excluding steroid dienone is 1. The highest BCUT2D eigenvalue weighted by atomic mass is 32.1. The van der Waals surface area contributed by atoms with Gasteiger partial charge in [-0.1, -0.05) is 13.5 Å². The fraction of sp³-hybridized carbons (Fsp3) is 0.414. The molecule has 0 aromatic carbocycles. The molecule has 2 N–H and O–H groups in total. The first kappa shape index (κ1) is 31.9. The Labute approximate surface area is 252 Å². The molecule has 0 bridgehead atoms. The average molecular weight is 618 g/mol. The largest absolute Gasteiger partial charge is 0.476 e. The number of hydrogen-bond acceptors (Lipinski definition) is 9. The molecule has 2 amide bonds. The number of pyridine rings is 2. The van der Waals surface area contributed by atoms with E-state index >= 15 is 0 Å². The van der Waals surface area contributed by atoms with E-state index in [1.807, 2.05) is 6.92 Å². The van der Waals surface area contributed by atoms with E-state index in [-0.39, 0.29) is 22.6 Å². The van der Waals surface area contributed by atoms with Crippen LogP contribution >= 0.6 is 11.3 Å². The average Bonchev–Trinajstić information content (AvgIpc) is 3.68. The number of carbonyl (C=O) groups excluding carboxylic acids is 1. The number of ether oxygens (including phenoxy) is 2. The molecule has 3 aromatic rings. The first-order chi connectivity index (χ1) is 20.6. The van der Waals surface area contributed by atoms with E-state index in [0.717, 1.165) is 49.1 Å². The molecule has 0 saturated carbocycles. The summed E-state index contributed by atoms with van der Waals surface area (Å²) in [7, 11) is 1.56. The molecule has 0 spiro atoms. The lowest BCUT2D eigenvalue weighted by Crippen LogP contribution is -2.29. The van der Waals surface area contributed by atoms with Gasteiger partial charge in [0.15, 0.2) is 5.69 Å². The second kappa shape index (κ2) is 14.4. The standard InChI is InChI=1S/C29H34F3N7O3S/c1-5-8-34-28(40)38-24-14-21(27-37-23(17-43-27)29(30,31)32)22(16-35-24)20-13-19(25(33-4)42-18(2)3)15-36-26(20)41-12-11-39-9-6-7-10-39/h13-17H,2,5-12H2,1,3-4H3,(H2,34,35,38,40). The van der Waals surface area contributed by atoms with Gasteiger partial charge in [0.1, 0.15) is 17.4 Å². The third-order valence-electron chi connectivity index (χ3n) is 6.41. The van der Waals surface area contributed by atoms with Crippen LogP contribution in [0.5, 0.6) is 5.88 Å². The molecule has 1 fully saturated rings. The monoisotopic (exact) mass is 617 g/mol. The number of hydrogen-bond donors (Lipinski definition) is 2. The molecule has 230 valence electrons. The molecule has 1 aliphatic rings. The van der Waals surface area contributed by atoms with E-state index in [0.29, 0.717) is 47.7 Å². The quantitative estimate of drug-likeness (QED) is 0.149. The zero-order chi connectivity index (χ0) is 31.0. The molecule has 3 aromatic heterocycles. The smallest absolute Gasteiger partial charge is 0.434 e. The van der Waals surface area contributed by atoms with Crippen molar-refractivity contribution >= 4 is 29.1 Å². The van der Waals surface area contributed by atoms with Crippen LogP contribution in [-0.4, -0.2) is 71.6 Å². The maximum Gasteiger partial charge on any atom is 0.434 e. The van der Waals surface area contributed by atoms with E-state index in [1.165, 1.54) is 12.3 Å². The minimum Gasteiger partial charge on any atom is -0.476 e. The summed E-state index contributed by atoms with van der Waals surface area (Å²) in [6, 6.07) is 2.72. The van der Waals surface area contributed by atoms with E-state index in [4.69, 9.17) is 9.47 Å². The summed E-state index contributed by atoms with van der Waals surface area (Å²) in [4.78, 5) is 31.6. The minimum absolute atomic E-state index is 0.0812. The lowest BCUT2D eigenvalue weighted by atomic mass is 10.0. The summed E-state index contributed by atoms with van der Waals surface area (Å²) in [6.07, 6.45) is 1.38. The highest BCUT2D eigenvalue weighted by Gasteiger charge is 2.34. The summed E-state index contributed by atoms with van der Waals surface area (Å²) in [5, 5.41) is 6.35. The molecule has 10 nitrogen and oxygen atoms in total. The Morgan fingerprint density at radius 1 is 1.16 bits per heavy atom. The third-order valence-corrected chi connectivity index (χ3v) is 7.29. The van der Waals surface area contributed by atoms with Gasteiger partial charge in [-0.15, -0.1) is 11.3 Å². The van der Waals surface area contributed by atoms with E-state index < -0.39 is 17.9 Å². The number of alkyl halides is 3. The number of thiazole rings is 1. The van der Waals surface area contributed by atoms with Gasteiger partial charge >= 0.3 is 12.2 Å². The molecule has 14 heteroatoms. The normalized spacial score (nSPS) is 14.0. The molecular formula is C29H34F3N7O3S. The van der Waals surface area contributed by atoms with E-state index in [9.17, 15) is 18.0 Å².